The molecule has 2 heterocycles. The first-order chi connectivity index (χ1) is 21.3. The van der Waals surface area contributed by atoms with E-state index >= 15 is 0 Å². The van der Waals surface area contributed by atoms with Crippen LogP contribution in [0.2, 0.25) is 0 Å². The molecular formula is C38H27N3OSi. The third-order valence-electron chi connectivity index (χ3n) is 8.34. The molecule has 1 aliphatic heterocycles. The molecular weight excluding hydrogens is 543 g/mol. The topological polar surface area (TPSA) is 42.2 Å². The Labute approximate surface area is 251 Å². The fourth-order valence-electron chi connectivity index (χ4n) is 6.49. The van der Waals surface area contributed by atoms with Gasteiger partial charge in [0.25, 0.3) is 5.89 Å². The number of anilines is 3. The number of benzene rings is 6. The molecule has 1 aromatic heterocycles. The second kappa shape index (κ2) is 10.4. The van der Waals surface area contributed by atoms with Crippen LogP contribution in [0.5, 0.6) is 0 Å². The maximum absolute atomic E-state index is 5.66. The lowest BCUT2D eigenvalue weighted by atomic mass is 10.1. The summed E-state index contributed by atoms with van der Waals surface area (Å²) in [6, 6.07) is 58.3. The van der Waals surface area contributed by atoms with Crippen LogP contribution >= 0.6 is 0 Å². The Morgan fingerprint density at radius 3 is 1.51 bits per heavy atom. The average molecular weight is 570 g/mol. The summed E-state index contributed by atoms with van der Waals surface area (Å²) in [6.07, 6.45) is 0. The summed E-state index contributed by atoms with van der Waals surface area (Å²) < 4.78 is 5.66. The number of fused-ring (bicyclic) bond motifs is 2. The zero-order valence-electron chi connectivity index (χ0n) is 23.3. The largest absolute Gasteiger partial charge is 0.334 e. The fourth-order valence-corrected chi connectivity index (χ4v) is 11.6. The fraction of sp³-hybridized carbons (Fsp3) is 0. The maximum Gasteiger partial charge on any atom is 0.258 e. The van der Waals surface area contributed by atoms with Crippen molar-refractivity contribution in [2.24, 2.45) is 0 Å². The first kappa shape index (κ1) is 25.2. The predicted molar refractivity (Wildman–Crippen MR) is 177 cm³/mol. The van der Waals surface area contributed by atoms with Crippen molar-refractivity contribution in [2.45, 2.75) is 0 Å². The Balaban J connectivity index is 1.29. The molecule has 8 rings (SSSR count). The van der Waals surface area contributed by atoms with Gasteiger partial charge in [0.1, 0.15) is 0 Å². The van der Waals surface area contributed by atoms with E-state index in [-0.39, 0.29) is 0 Å². The van der Waals surface area contributed by atoms with Gasteiger partial charge in [-0.3, -0.25) is 0 Å². The highest BCUT2D eigenvalue weighted by Gasteiger charge is 2.48. The molecule has 0 unspecified atom stereocenters. The van der Waals surface area contributed by atoms with Gasteiger partial charge in [-0.05, 0) is 57.1 Å². The Morgan fingerprint density at radius 1 is 0.465 bits per heavy atom. The molecule has 4 nitrogen and oxygen atoms in total. The van der Waals surface area contributed by atoms with Crippen molar-refractivity contribution in [3.05, 3.63) is 164 Å². The van der Waals surface area contributed by atoms with E-state index < -0.39 is 8.07 Å². The van der Waals surface area contributed by atoms with Gasteiger partial charge in [0, 0.05) is 28.2 Å². The minimum atomic E-state index is -2.62. The molecule has 5 heteroatoms. The monoisotopic (exact) mass is 569 g/mol. The Morgan fingerprint density at radius 2 is 0.953 bits per heavy atom. The van der Waals surface area contributed by atoms with Crippen molar-refractivity contribution in [3.63, 3.8) is 0 Å². The van der Waals surface area contributed by atoms with Crippen LogP contribution in [-0.4, -0.2) is 18.2 Å². The Hall–Kier alpha value is -5.52. The second-order valence-corrected chi connectivity index (χ2v) is 14.4. The molecule has 0 amide bonds. The summed E-state index contributed by atoms with van der Waals surface area (Å²) >= 11 is 0. The van der Waals surface area contributed by atoms with E-state index in [9.17, 15) is 0 Å². The van der Waals surface area contributed by atoms with Gasteiger partial charge in [-0.25, -0.2) is 0 Å². The molecule has 0 saturated heterocycles. The van der Waals surface area contributed by atoms with Crippen LogP contribution in [0.15, 0.2) is 168 Å². The minimum Gasteiger partial charge on any atom is -0.334 e. The van der Waals surface area contributed by atoms with Crippen LogP contribution in [0.25, 0.3) is 22.8 Å². The highest BCUT2D eigenvalue weighted by Crippen LogP contribution is 2.38. The quantitative estimate of drug-likeness (QED) is 0.220. The molecule has 6 aromatic carbocycles. The number of hydrogen-bond donors (Lipinski definition) is 0. The van der Waals surface area contributed by atoms with Gasteiger partial charge in [0.15, 0.2) is 8.07 Å². The maximum atomic E-state index is 5.66. The smallest absolute Gasteiger partial charge is 0.258 e. The molecule has 0 saturated carbocycles. The van der Waals surface area contributed by atoms with Crippen LogP contribution in [0.4, 0.5) is 17.1 Å². The number of aromatic nitrogens is 2. The van der Waals surface area contributed by atoms with Gasteiger partial charge >= 0.3 is 0 Å². The van der Waals surface area contributed by atoms with Gasteiger partial charge in [0.2, 0.25) is 5.82 Å². The van der Waals surface area contributed by atoms with E-state index in [1.807, 2.05) is 30.3 Å². The SMILES string of the molecule is c1ccc(-c2noc(-c3ccc(N4c5ccccc5[Si](c5ccccc5)(c5ccccc5)c5ccccc54)cc3)n2)cc1. The molecule has 204 valence electrons. The second-order valence-electron chi connectivity index (χ2n) is 10.7. The summed E-state index contributed by atoms with van der Waals surface area (Å²) in [6.45, 7) is 0. The first-order valence-electron chi connectivity index (χ1n) is 14.4. The van der Waals surface area contributed by atoms with Crippen molar-refractivity contribution in [3.8, 4) is 22.8 Å². The number of nitrogens with zero attached hydrogens (tertiary/aromatic N) is 3. The normalized spacial score (nSPS) is 13.3. The molecule has 7 aromatic rings. The third-order valence-corrected chi connectivity index (χ3v) is 13.2. The van der Waals surface area contributed by atoms with Crippen LogP contribution in [0, 0.1) is 0 Å². The van der Waals surface area contributed by atoms with Crippen LogP contribution in [-0.2, 0) is 0 Å². The highest BCUT2D eigenvalue weighted by atomic mass is 28.3. The zero-order chi connectivity index (χ0) is 28.6. The molecule has 0 spiro atoms. The summed E-state index contributed by atoms with van der Waals surface area (Å²) in [5.74, 6) is 1.09. The number of rotatable bonds is 5. The summed E-state index contributed by atoms with van der Waals surface area (Å²) in [4.78, 5) is 7.06. The van der Waals surface area contributed by atoms with Gasteiger partial charge in [-0.2, -0.15) is 4.98 Å². The standard InChI is InChI=1S/C38H27N3OSi/c1-4-14-28(15-5-1)37-39-38(42-40-37)29-24-26-30(27-25-29)41-33-20-10-12-22-35(33)43(31-16-6-2-7-17-31,32-18-8-3-9-19-32)36-23-13-11-21-34(36)41/h1-27H. The van der Waals surface area contributed by atoms with E-state index in [1.165, 1.54) is 32.1 Å². The molecule has 0 atom stereocenters. The third kappa shape index (κ3) is 4.05. The van der Waals surface area contributed by atoms with Crippen molar-refractivity contribution in [1.29, 1.82) is 0 Å². The van der Waals surface area contributed by atoms with Gasteiger partial charge in [0.05, 0.1) is 0 Å². The van der Waals surface area contributed by atoms with Crippen LogP contribution < -0.4 is 25.6 Å². The molecule has 0 radical (unpaired) electrons. The minimum absolute atomic E-state index is 0.504. The Kier molecular flexibility index (Phi) is 6.09. The summed E-state index contributed by atoms with van der Waals surface area (Å²) in [7, 11) is -2.62. The van der Waals surface area contributed by atoms with E-state index in [0.717, 1.165) is 16.8 Å². The lowest BCUT2D eigenvalue weighted by Crippen LogP contribution is -2.77. The van der Waals surface area contributed by atoms with Crippen LogP contribution in [0.3, 0.4) is 0 Å². The molecule has 0 aliphatic carbocycles. The van der Waals surface area contributed by atoms with Crippen molar-refractivity contribution < 1.29 is 4.52 Å². The van der Waals surface area contributed by atoms with Crippen LogP contribution in [0.1, 0.15) is 0 Å². The van der Waals surface area contributed by atoms with E-state index in [1.54, 1.807) is 0 Å². The zero-order valence-corrected chi connectivity index (χ0v) is 24.3. The highest BCUT2D eigenvalue weighted by molar-refractivity contribution is 7.21. The van der Waals surface area contributed by atoms with Gasteiger partial charge in [-0.1, -0.05) is 133 Å². The number of hydrogen-bond acceptors (Lipinski definition) is 4. The Bertz CT molecular complexity index is 1930. The lowest BCUT2D eigenvalue weighted by Gasteiger charge is -2.45. The predicted octanol–water partition coefficient (Wildman–Crippen LogP) is 6.56. The lowest BCUT2D eigenvalue weighted by molar-refractivity contribution is 0.432. The van der Waals surface area contributed by atoms with E-state index in [0.29, 0.717) is 11.7 Å². The van der Waals surface area contributed by atoms with Crippen molar-refractivity contribution >= 4 is 45.9 Å². The summed E-state index contributed by atoms with van der Waals surface area (Å²) in [5.41, 5.74) is 5.31. The number of para-hydroxylation sites is 2. The molecule has 0 bridgehead atoms. The molecule has 0 fully saturated rings. The molecule has 43 heavy (non-hydrogen) atoms. The molecule has 0 N–H and O–H groups in total. The van der Waals surface area contributed by atoms with E-state index in [2.05, 4.69) is 149 Å². The first-order valence-corrected chi connectivity index (χ1v) is 16.4. The van der Waals surface area contributed by atoms with Gasteiger partial charge in [-0.15, -0.1) is 0 Å². The summed E-state index contributed by atoms with van der Waals surface area (Å²) in [5, 5.41) is 9.72. The van der Waals surface area contributed by atoms with E-state index in [4.69, 9.17) is 4.52 Å². The molecule has 1 aliphatic rings. The van der Waals surface area contributed by atoms with Gasteiger partial charge < -0.3 is 9.42 Å². The van der Waals surface area contributed by atoms with Crippen molar-refractivity contribution in [2.75, 3.05) is 4.90 Å². The average Bonchev–Trinajstić information content (AvgIpc) is 3.59. The van der Waals surface area contributed by atoms with Crippen molar-refractivity contribution in [1.82, 2.24) is 10.1 Å².